The Bertz CT molecular complexity index is 921. The minimum atomic E-state index is -1.46. The van der Waals surface area contributed by atoms with Crippen molar-refractivity contribution in [3.8, 4) is 11.5 Å². The number of carbonyl (C=O) groups is 1. The van der Waals surface area contributed by atoms with Crippen LogP contribution in [0, 0.1) is 11.3 Å². The van der Waals surface area contributed by atoms with Crippen molar-refractivity contribution in [2.45, 2.75) is 77.0 Å². The summed E-state index contributed by atoms with van der Waals surface area (Å²) in [5.41, 5.74) is 0.321. The van der Waals surface area contributed by atoms with E-state index in [2.05, 4.69) is 24.1 Å². The molecule has 0 aliphatic carbocycles. The van der Waals surface area contributed by atoms with Gasteiger partial charge in [0.25, 0.3) is 5.91 Å². The fourth-order valence-electron chi connectivity index (χ4n) is 5.93. The maximum absolute atomic E-state index is 12.6. The fourth-order valence-corrected chi connectivity index (χ4v) is 5.93. The summed E-state index contributed by atoms with van der Waals surface area (Å²) >= 11 is 0. The van der Waals surface area contributed by atoms with Crippen LogP contribution in [-0.2, 0) is 4.79 Å². The van der Waals surface area contributed by atoms with Crippen LogP contribution in [-0.4, -0.2) is 101 Å². The number of nitrogens with zero attached hydrogens (tertiary/aromatic N) is 2. The standard InChI is InChI=1S/C27H43N3O6/c1-16(2)21-7-9-25(28-21)29-11-19(12-29)36-24-10-18(6-8-23(24)35-5)20-13-30(26(34)22(33)14-31)15-27(20,4)17(3)32/h6,8,10,16-17,19-22,25,28,31-33H,7,9,11-15H2,1-5H3/t17-,20+,21?,22+,25?,27+/m1/s1. The molecule has 0 aromatic heterocycles. The van der Waals surface area contributed by atoms with Crippen LogP contribution in [0.4, 0.5) is 0 Å². The smallest absolute Gasteiger partial charge is 0.253 e. The monoisotopic (exact) mass is 505 g/mol. The first kappa shape index (κ1) is 27.1. The molecule has 4 N–H and O–H groups in total. The molecule has 202 valence electrons. The molecule has 36 heavy (non-hydrogen) atoms. The molecule has 3 aliphatic rings. The maximum Gasteiger partial charge on any atom is 0.253 e. The van der Waals surface area contributed by atoms with Gasteiger partial charge in [0, 0.05) is 43.6 Å². The van der Waals surface area contributed by atoms with E-state index in [1.165, 1.54) is 11.3 Å². The minimum absolute atomic E-state index is 0.0681. The van der Waals surface area contributed by atoms with E-state index in [1.807, 2.05) is 25.1 Å². The summed E-state index contributed by atoms with van der Waals surface area (Å²) in [6, 6.07) is 6.37. The molecule has 4 rings (SSSR count). The van der Waals surface area contributed by atoms with Crippen LogP contribution < -0.4 is 14.8 Å². The van der Waals surface area contributed by atoms with Crippen LogP contribution in [0.3, 0.4) is 0 Å². The first-order valence-electron chi connectivity index (χ1n) is 13.2. The molecule has 1 aromatic rings. The number of aliphatic hydroxyl groups is 3. The Kier molecular flexibility index (Phi) is 8.16. The van der Waals surface area contributed by atoms with Crippen molar-refractivity contribution in [3.05, 3.63) is 23.8 Å². The first-order chi connectivity index (χ1) is 17.1. The molecule has 6 atom stereocenters. The topological polar surface area (TPSA) is 115 Å². The molecule has 3 saturated heterocycles. The number of hydrogen-bond donors (Lipinski definition) is 4. The Morgan fingerprint density at radius 3 is 2.47 bits per heavy atom. The number of likely N-dealkylation sites (tertiary alicyclic amines) is 2. The molecule has 0 spiro atoms. The molecule has 3 heterocycles. The lowest BCUT2D eigenvalue weighted by Gasteiger charge is -2.43. The highest BCUT2D eigenvalue weighted by molar-refractivity contribution is 5.81. The number of aliphatic hydroxyl groups excluding tert-OH is 3. The van der Waals surface area contributed by atoms with E-state index in [0.717, 1.165) is 25.1 Å². The number of amides is 1. The van der Waals surface area contributed by atoms with Crippen molar-refractivity contribution >= 4 is 5.91 Å². The normalized spacial score (nSPS) is 30.9. The number of benzene rings is 1. The first-order valence-corrected chi connectivity index (χ1v) is 13.2. The second-order valence-corrected chi connectivity index (χ2v) is 11.4. The van der Waals surface area contributed by atoms with Crippen molar-refractivity contribution in [1.82, 2.24) is 15.1 Å². The Morgan fingerprint density at radius 1 is 1.17 bits per heavy atom. The highest BCUT2D eigenvalue weighted by Crippen LogP contribution is 2.47. The van der Waals surface area contributed by atoms with Gasteiger partial charge in [-0.05, 0) is 43.4 Å². The van der Waals surface area contributed by atoms with Crippen LogP contribution in [0.5, 0.6) is 11.5 Å². The van der Waals surface area contributed by atoms with E-state index in [1.54, 1.807) is 14.0 Å². The zero-order valence-electron chi connectivity index (χ0n) is 22.2. The molecule has 0 saturated carbocycles. The van der Waals surface area contributed by atoms with Crippen LogP contribution in [0.2, 0.25) is 0 Å². The number of ether oxygens (including phenoxy) is 2. The molecule has 2 unspecified atom stereocenters. The van der Waals surface area contributed by atoms with Gasteiger partial charge in [0.05, 0.1) is 26.0 Å². The largest absolute Gasteiger partial charge is 0.493 e. The maximum atomic E-state index is 12.6. The predicted octanol–water partition coefficient (Wildman–Crippen LogP) is 1.16. The Labute approximate surface area is 214 Å². The van der Waals surface area contributed by atoms with Crippen molar-refractivity contribution in [2.75, 3.05) is 39.9 Å². The third kappa shape index (κ3) is 5.22. The molecular formula is C27H43N3O6. The van der Waals surface area contributed by atoms with Gasteiger partial charge < -0.3 is 29.7 Å². The zero-order valence-corrected chi connectivity index (χ0v) is 22.2. The summed E-state index contributed by atoms with van der Waals surface area (Å²) in [5.74, 6) is 1.25. The van der Waals surface area contributed by atoms with E-state index in [-0.39, 0.29) is 18.6 Å². The zero-order chi connectivity index (χ0) is 26.2. The van der Waals surface area contributed by atoms with Gasteiger partial charge in [-0.15, -0.1) is 0 Å². The van der Waals surface area contributed by atoms with E-state index < -0.39 is 30.1 Å². The predicted molar refractivity (Wildman–Crippen MR) is 136 cm³/mol. The molecule has 3 fully saturated rings. The summed E-state index contributed by atoms with van der Waals surface area (Å²) in [7, 11) is 1.62. The Hall–Kier alpha value is -1.91. The number of methoxy groups -OCH3 is 1. The van der Waals surface area contributed by atoms with Crippen LogP contribution in [0.1, 0.15) is 52.0 Å². The Balaban J connectivity index is 1.47. The average Bonchev–Trinajstić information content (AvgIpc) is 3.46. The van der Waals surface area contributed by atoms with Crippen LogP contribution >= 0.6 is 0 Å². The van der Waals surface area contributed by atoms with Gasteiger partial charge in [-0.3, -0.25) is 15.0 Å². The summed E-state index contributed by atoms with van der Waals surface area (Å²) in [4.78, 5) is 16.6. The third-order valence-electron chi connectivity index (χ3n) is 8.62. The van der Waals surface area contributed by atoms with Gasteiger partial charge in [-0.2, -0.15) is 0 Å². The van der Waals surface area contributed by atoms with E-state index in [9.17, 15) is 20.1 Å². The van der Waals surface area contributed by atoms with Crippen molar-refractivity contribution < 1.29 is 29.6 Å². The summed E-state index contributed by atoms with van der Waals surface area (Å²) in [6.45, 7) is 9.91. The molecule has 3 aliphatic heterocycles. The van der Waals surface area contributed by atoms with Crippen LogP contribution in [0.15, 0.2) is 18.2 Å². The van der Waals surface area contributed by atoms with Crippen molar-refractivity contribution in [1.29, 1.82) is 0 Å². The van der Waals surface area contributed by atoms with Gasteiger partial charge in [-0.1, -0.05) is 26.8 Å². The van der Waals surface area contributed by atoms with Gasteiger partial charge in [0.15, 0.2) is 17.6 Å². The Morgan fingerprint density at radius 2 is 1.89 bits per heavy atom. The quantitative estimate of drug-likeness (QED) is 0.395. The highest BCUT2D eigenvalue weighted by atomic mass is 16.5. The number of nitrogens with one attached hydrogen (secondary N) is 1. The fraction of sp³-hybridized carbons (Fsp3) is 0.741. The molecule has 1 amide bonds. The van der Waals surface area contributed by atoms with Gasteiger partial charge in [0.2, 0.25) is 0 Å². The SMILES string of the molecule is COc1ccc([C@@H]2CN(C(=O)[C@@H](O)CO)C[C@@]2(C)[C@@H](C)O)cc1OC1CN(C2CCC(C(C)C)N2)C1. The molecule has 1 aromatic carbocycles. The lowest BCUT2D eigenvalue weighted by atomic mass is 9.72. The van der Waals surface area contributed by atoms with Crippen molar-refractivity contribution in [3.63, 3.8) is 0 Å². The molecular weight excluding hydrogens is 462 g/mol. The average molecular weight is 506 g/mol. The lowest BCUT2D eigenvalue weighted by molar-refractivity contribution is -0.141. The molecule has 9 heteroatoms. The number of hydrogen-bond acceptors (Lipinski definition) is 8. The van der Waals surface area contributed by atoms with Gasteiger partial charge in [0.1, 0.15) is 6.10 Å². The highest BCUT2D eigenvalue weighted by Gasteiger charge is 2.49. The third-order valence-corrected chi connectivity index (χ3v) is 8.62. The van der Waals surface area contributed by atoms with Crippen molar-refractivity contribution in [2.24, 2.45) is 11.3 Å². The summed E-state index contributed by atoms with van der Waals surface area (Å²) in [5, 5.41) is 33.5. The molecule has 0 bridgehead atoms. The minimum Gasteiger partial charge on any atom is -0.493 e. The lowest BCUT2D eigenvalue weighted by Crippen LogP contribution is -2.60. The molecule has 0 radical (unpaired) electrons. The van der Waals surface area contributed by atoms with E-state index in [0.29, 0.717) is 36.2 Å². The van der Waals surface area contributed by atoms with Gasteiger partial charge in [-0.25, -0.2) is 0 Å². The second-order valence-electron chi connectivity index (χ2n) is 11.4. The number of carbonyl (C=O) groups excluding carboxylic acids is 1. The number of rotatable bonds is 9. The van der Waals surface area contributed by atoms with E-state index >= 15 is 0 Å². The second kappa shape index (κ2) is 10.8. The summed E-state index contributed by atoms with van der Waals surface area (Å²) in [6.07, 6.45) is 0.703. The van der Waals surface area contributed by atoms with Gasteiger partial charge >= 0.3 is 0 Å². The van der Waals surface area contributed by atoms with Crippen LogP contribution in [0.25, 0.3) is 0 Å². The summed E-state index contributed by atoms with van der Waals surface area (Å²) < 4.78 is 12.0. The molecule has 9 nitrogen and oxygen atoms in total. The van der Waals surface area contributed by atoms with E-state index in [4.69, 9.17) is 9.47 Å².